The molecule has 0 unspecified atom stereocenters. The van der Waals surface area contributed by atoms with Crippen LogP contribution >= 0.6 is 38.9 Å². The summed E-state index contributed by atoms with van der Waals surface area (Å²) in [5, 5.41) is 3.76. The zero-order chi connectivity index (χ0) is 8.72. The van der Waals surface area contributed by atoms with Crippen LogP contribution in [0.3, 0.4) is 0 Å². The van der Waals surface area contributed by atoms with E-state index in [2.05, 4.69) is 15.9 Å². The lowest BCUT2D eigenvalue weighted by Gasteiger charge is -2.01. The van der Waals surface area contributed by atoms with Crippen molar-refractivity contribution in [1.29, 1.82) is 0 Å². The van der Waals surface area contributed by atoms with Crippen molar-refractivity contribution in [3.8, 4) is 0 Å². The van der Waals surface area contributed by atoms with Gasteiger partial charge in [0.2, 0.25) is 0 Å². The number of rotatable bonds is 0. The van der Waals surface area contributed by atoms with Gasteiger partial charge in [0.25, 0.3) is 0 Å². The third-order valence-electron chi connectivity index (χ3n) is 1.68. The van der Waals surface area contributed by atoms with E-state index < -0.39 is 0 Å². The highest BCUT2D eigenvalue weighted by molar-refractivity contribution is 9.10. The highest BCUT2D eigenvalue weighted by Crippen LogP contribution is 2.37. The maximum absolute atomic E-state index is 6.00. The molecular weight excluding hydrogens is 258 g/mol. The molecule has 4 heteroatoms. The van der Waals surface area contributed by atoms with Crippen molar-refractivity contribution in [2.24, 2.45) is 0 Å². The summed E-state index contributed by atoms with van der Waals surface area (Å²) in [6.45, 7) is 0. The van der Waals surface area contributed by atoms with Crippen LogP contribution in [0.1, 0.15) is 0 Å². The SMILES string of the molecule is Nc1c(Br)cc(Cl)c2sccc12. The Kier molecular flexibility index (Phi) is 2.02. The van der Waals surface area contributed by atoms with Crippen LogP contribution < -0.4 is 5.73 Å². The van der Waals surface area contributed by atoms with Crippen molar-refractivity contribution in [2.75, 3.05) is 5.73 Å². The first kappa shape index (κ1) is 8.35. The number of hydrogen-bond donors (Lipinski definition) is 1. The van der Waals surface area contributed by atoms with Gasteiger partial charge in [-0.2, -0.15) is 0 Å². The van der Waals surface area contributed by atoms with Gasteiger partial charge >= 0.3 is 0 Å². The van der Waals surface area contributed by atoms with Crippen LogP contribution in [0.25, 0.3) is 10.1 Å². The number of fused-ring (bicyclic) bond motifs is 1. The van der Waals surface area contributed by atoms with Gasteiger partial charge in [-0.05, 0) is 33.4 Å². The lowest BCUT2D eigenvalue weighted by atomic mass is 10.2. The molecule has 0 aliphatic heterocycles. The van der Waals surface area contributed by atoms with Crippen LogP contribution in [-0.2, 0) is 0 Å². The molecule has 2 rings (SSSR count). The number of halogens is 2. The maximum atomic E-state index is 6.00. The number of anilines is 1. The molecule has 2 aromatic rings. The molecule has 1 heterocycles. The van der Waals surface area contributed by atoms with Crippen LogP contribution in [-0.4, -0.2) is 0 Å². The summed E-state index contributed by atoms with van der Waals surface area (Å²) in [5.74, 6) is 0. The maximum Gasteiger partial charge on any atom is 0.0597 e. The molecule has 0 fully saturated rings. The molecule has 0 radical (unpaired) electrons. The normalized spacial score (nSPS) is 10.8. The Balaban J connectivity index is 2.97. The predicted molar refractivity (Wildman–Crippen MR) is 58.9 cm³/mol. The minimum absolute atomic E-state index is 0.751. The van der Waals surface area contributed by atoms with Gasteiger partial charge in [0.05, 0.1) is 15.4 Å². The smallest absolute Gasteiger partial charge is 0.0597 e. The van der Waals surface area contributed by atoms with E-state index in [0.717, 1.165) is 25.3 Å². The van der Waals surface area contributed by atoms with Crippen molar-refractivity contribution >= 4 is 54.6 Å². The number of hydrogen-bond acceptors (Lipinski definition) is 2. The first-order valence-electron chi connectivity index (χ1n) is 3.31. The van der Waals surface area contributed by atoms with Crippen molar-refractivity contribution in [1.82, 2.24) is 0 Å². The summed E-state index contributed by atoms with van der Waals surface area (Å²) in [6, 6.07) is 3.81. The summed E-state index contributed by atoms with van der Waals surface area (Å²) in [6.07, 6.45) is 0. The predicted octanol–water partition coefficient (Wildman–Crippen LogP) is 3.90. The van der Waals surface area contributed by atoms with E-state index in [0.29, 0.717) is 0 Å². The minimum atomic E-state index is 0.751. The number of benzene rings is 1. The molecule has 2 N–H and O–H groups in total. The van der Waals surface area contributed by atoms with Gasteiger partial charge in [-0.15, -0.1) is 11.3 Å². The van der Waals surface area contributed by atoms with Gasteiger partial charge in [0.1, 0.15) is 0 Å². The molecule has 0 saturated heterocycles. The third-order valence-corrected chi connectivity index (χ3v) is 3.70. The third kappa shape index (κ3) is 1.13. The fourth-order valence-electron chi connectivity index (χ4n) is 1.09. The summed E-state index contributed by atoms with van der Waals surface area (Å²) in [7, 11) is 0. The molecule has 0 saturated carbocycles. The quantitative estimate of drug-likeness (QED) is 0.716. The lowest BCUT2D eigenvalue weighted by molar-refractivity contribution is 1.73. The average molecular weight is 263 g/mol. The van der Waals surface area contributed by atoms with Crippen LogP contribution in [0.2, 0.25) is 5.02 Å². The monoisotopic (exact) mass is 261 g/mol. The molecule has 0 amide bonds. The standard InChI is InChI=1S/C8H5BrClNS/c9-5-3-6(10)8-4(7(5)11)1-2-12-8/h1-3H,11H2. The Morgan fingerprint density at radius 1 is 1.50 bits per heavy atom. The Hall–Kier alpha value is -0.250. The molecule has 0 aliphatic rings. The van der Waals surface area contributed by atoms with Gasteiger partial charge in [-0.25, -0.2) is 0 Å². The van der Waals surface area contributed by atoms with Gasteiger partial charge in [-0.3, -0.25) is 0 Å². The Labute approximate surface area is 87.3 Å². The summed E-state index contributed by atoms with van der Waals surface area (Å²) in [5.41, 5.74) is 6.59. The molecule has 0 atom stereocenters. The molecule has 0 spiro atoms. The first-order valence-corrected chi connectivity index (χ1v) is 5.36. The van der Waals surface area contributed by atoms with E-state index in [4.69, 9.17) is 17.3 Å². The van der Waals surface area contributed by atoms with Crippen LogP contribution in [0.4, 0.5) is 5.69 Å². The van der Waals surface area contributed by atoms with Gasteiger partial charge in [-0.1, -0.05) is 11.6 Å². The van der Waals surface area contributed by atoms with E-state index in [-0.39, 0.29) is 0 Å². The molecular formula is C8H5BrClNS. The molecule has 0 aliphatic carbocycles. The van der Waals surface area contributed by atoms with Crippen LogP contribution in [0.15, 0.2) is 22.0 Å². The Bertz CT molecular complexity index is 438. The topological polar surface area (TPSA) is 26.0 Å². The second-order valence-corrected chi connectivity index (χ2v) is 4.59. The number of nitrogens with two attached hydrogens (primary N) is 1. The molecule has 12 heavy (non-hydrogen) atoms. The molecule has 1 nitrogen and oxygen atoms in total. The number of nitrogen functional groups attached to an aromatic ring is 1. The van der Waals surface area contributed by atoms with Gasteiger partial charge < -0.3 is 5.73 Å². The fraction of sp³-hybridized carbons (Fsp3) is 0. The highest BCUT2D eigenvalue weighted by atomic mass is 79.9. The summed E-state index contributed by atoms with van der Waals surface area (Å²) >= 11 is 11.0. The fourth-order valence-corrected chi connectivity index (χ4v) is 2.83. The van der Waals surface area contributed by atoms with E-state index in [1.807, 2.05) is 17.5 Å². The van der Waals surface area contributed by atoms with Crippen molar-refractivity contribution in [3.05, 3.63) is 27.0 Å². The van der Waals surface area contributed by atoms with E-state index in [1.54, 1.807) is 11.3 Å². The van der Waals surface area contributed by atoms with Gasteiger partial charge in [0, 0.05) is 9.86 Å². The zero-order valence-corrected chi connectivity index (χ0v) is 9.13. The Morgan fingerprint density at radius 2 is 2.25 bits per heavy atom. The van der Waals surface area contributed by atoms with E-state index in [1.165, 1.54) is 0 Å². The first-order chi connectivity index (χ1) is 5.70. The molecule has 62 valence electrons. The van der Waals surface area contributed by atoms with Crippen LogP contribution in [0.5, 0.6) is 0 Å². The second kappa shape index (κ2) is 2.91. The zero-order valence-electron chi connectivity index (χ0n) is 5.97. The number of thiophene rings is 1. The summed E-state index contributed by atoms with van der Waals surface area (Å²) in [4.78, 5) is 0. The van der Waals surface area contributed by atoms with Crippen LogP contribution in [0, 0.1) is 0 Å². The second-order valence-electron chi connectivity index (χ2n) is 2.42. The summed E-state index contributed by atoms with van der Waals surface area (Å²) < 4.78 is 1.91. The largest absolute Gasteiger partial charge is 0.397 e. The molecule has 1 aromatic carbocycles. The van der Waals surface area contributed by atoms with E-state index in [9.17, 15) is 0 Å². The highest BCUT2D eigenvalue weighted by Gasteiger charge is 2.07. The van der Waals surface area contributed by atoms with Crippen molar-refractivity contribution in [3.63, 3.8) is 0 Å². The lowest BCUT2D eigenvalue weighted by Crippen LogP contribution is -1.86. The van der Waals surface area contributed by atoms with E-state index >= 15 is 0 Å². The molecule has 0 bridgehead atoms. The minimum Gasteiger partial charge on any atom is -0.397 e. The Morgan fingerprint density at radius 3 is 3.00 bits per heavy atom. The van der Waals surface area contributed by atoms with Crippen molar-refractivity contribution < 1.29 is 0 Å². The molecule has 1 aromatic heterocycles. The van der Waals surface area contributed by atoms with Crippen molar-refractivity contribution in [2.45, 2.75) is 0 Å². The average Bonchev–Trinajstić information content (AvgIpc) is 2.48. The van der Waals surface area contributed by atoms with Gasteiger partial charge in [0.15, 0.2) is 0 Å².